The summed E-state index contributed by atoms with van der Waals surface area (Å²) < 4.78 is 5.15. The molecule has 1 N–H and O–H groups in total. The van der Waals surface area contributed by atoms with Gasteiger partial charge in [0.05, 0.1) is 17.0 Å². The van der Waals surface area contributed by atoms with Crippen molar-refractivity contribution in [1.82, 2.24) is 10.5 Å². The van der Waals surface area contributed by atoms with Gasteiger partial charge in [-0.15, -0.1) is 0 Å². The first-order valence-corrected chi connectivity index (χ1v) is 8.62. The highest BCUT2D eigenvalue weighted by Crippen LogP contribution is 2.31. The molecule has 1 atom stereocenters. The van der Waals surface area contributed by atoms with E-state index in [2.05, 4.69) is 10.5 Å². The molecular weight excluding hydrogens is 368 g/mol. The van der Waals surface area contributed by atoms with Crippen molar-refractivity contribution in [2.45, 2.75) is 19.4 Å². The van der Waals surface area contributed by atoms with Crippen molar-refractivity contribution >= 4 is 23.5 Å². The molecule has 0 saturated carbocycles. The summed E-state index contributed by atoms with van der Waals surface area (Å²) in [7, 11) is 0. The average molecular weight is 384 g/mol. The quantitative estimate of drug-likeness (QED) is 0.705. The fourth-order valence-corrected chi connectivity index (χ4v) is 2.98. The van der Waals surface area contributed by atoms with Crippen LogP contribution in [0.1, 0.15) is 21.7 Å². The molecule has 0 fully saturated rings. The van der Waals surface area contributed by atoms with E-state index in [0.29, 0.717) is 10.6 Å². The number of nitrogens with one attached hydrogen (secondary N) is 1. The summed E-state index contributed by atoms with van der Waals surface area (Å²) >= 11 is 6.19. The molecule has 0 aliphatic rings. The molecule has 1 heterocycles. The van der Waals surface area contributed by atoms with Crippen LogP contribution in [0, 0.1) is 6.92 Å². The van der Waals surface area contributed by atoms with E-state index in [-0.39, 0.29) is 23.4 Å². The summed E-state index contributed by atoms with van der Waals surface area (Å²) in [5.41, 5.74) is 1.68. The molecule has 3 aromatic rings. The second-order valence-corrected chi connectivity index (χ2v) is 6.38. The van der Waals surface area contributed by atoms with E-state index < -0.39 is 17.9 Å². The van der Waals surface area contributed by atoms with Crippen molar-refractivity contribution in [3.8, 4) is 11.3 Å². The van der Waals surface area contributed by atoms with Gasteiger partial charge in [0.1, 0.15) is 17.0 Å². The van der Waals surface area contributed by atoms with Gasteiger partial charge < -0.3 is 19.7 Å². The van der Waals surface area contributed by atoms with Crippen LogP contribution in [0.4, 0.5) is 0 Å². The van der Waals surface area contributed by atoms with Gasteiger partial charge >= 0.3 is 0 Å². The third-order valence-corrected chi connectivity index (χ3v) is 4.42. The maximum Gasteiger partial charge on any atom is 0.257 e. The van der Waals surface area contributed by atoms with Crippen molar-refractivity contribution in [1.29, 1.82) is 0 Å². The van der Waals surface area contributed by atoms with Crippen LogP contribution in [0.3, 0.4) is 0 Å². The number of halogens is 1. The molecule has 0 aliphatic heterocycles. The molecule has 3 rings (SSSR count). The van der Waals surface area contributed by atoms with E-state index in [1.165, 1.54) is 0 Å². The molecule has 0 radical (unpaired) electrons. The van der Waals surface area contributed by atoms with Gasteiger partial charge in [-0.3, -0.25) is 4.79 Å². The van der Waals surface area contributed by atoms with Crippen LogP contribution in [0.5, 0.6) is 0 Å². The number of carbonyl (C=O) groups is 2. The van der Waals surface area contributed by atoms with E-state index in [0.717, 1.165) is 5.56 Å². The third-order valence-electron chi connectivity index (χ3n) is 4.09. The van der Waals surface area contributed by atoms with Crippen LogP contribution in [-0.2, 0) is 11.2 Å². The Balaban J connectivity index is 1.88. The maximum atomic E-state index is 12.8. The Hall–Kier alpha value is -3.12. The van der Waals surface area contributed by atoms with Gasteiger partial charge in [0.25, 0.3) is 5.91 Å². The van der Waals surface area contributed by atoms with Gasteiger partial charge in [0.15, 0.2) is 0 Å². The SMILES string of the molecule is Cc1onc(-c2ccccc2Cl)c1C(=O)N[C@H](Cc1ccccc1)C(=O)[O-]. The maximum absolute atomic E-state index is 12.8. The highest BCUT2D eigenvalue weighted by Gasteiger charge is 2.25. The van der Waals surface area contributed by atoms with Crippen molar-refractivity contribution in [2.24, 2.45) is 0 Å². The van der Waals surface area contributed by atoms with Crippen molar-refractivity contribution < 1.29 is 19.2 Å². The number of carboxylic acid groups (broad SMARTS) is 1. The van der Waals surface area contributed by atoms with Crippen LogP contribution in [-0.4, -0.2) is 23.1 Å². The molecule has 0 aliphatic carbocycles. The second-order valence-electron chi connectivity index (χ2n) is 5.98. The monoisotopic (exact) mass is 383 g/mol. The van der Waals surface area contributed by atoms with E-state index >= 15 is 0 Å². The highest BCUT2D eigenvalue weighted by atomic mass is 35.5. The standard InChI is InChI=1S/C20H17ClN2O4/c1-12-17(18(23-27-12)14-9-5-6-10-15(14)21)19(24)22-16(20(25)26)11-13-7-3-2-4-8-13/h2-10,16H,11H2,1H3,(H,22,24)(H,25,26)/p-1/t16-/m1/s1. The number of aromatic nitrogens is 1. The third kappa shape index (κ3) is 4.17. The number of aryl methyl sites for hydroxylation is 1. The zero-order valence-corrected chi connectivity index (χ0v) is 15.2. The van der Waals surface area contributed by atoms with Crippen LogP contribution >= 0.6 is 11.6 Å². The summed E-state index contributed by atoms with van der Waals surface area (Å²) in [6.45, 7) is 1.58. The first-order chi connectivity index (χ1) is 13.0. The topological polar surface area (TPSA) is 95.3 Å². The Morgan fingerprint density at radius 1 is 1.15 bits per heavy atom. The van der Waals surface area contributed by atoms with Crippen molar-refractivity contribution in [2.75, 3.05) is 0 Å². The number of carboxylic acids is 1. The van der Waals surface area contributed by atoms with E-state index in [4.69, 9.17) is 16.1 Å². The molecular formula is C20H16ClN2O4-. The Bertz CT molecular complexity index is 969. The largest absolute Gasteiger partial charge is 0.548 e. The predicted molar refractivity (Wildman–Crippen MR) is 98.1 cm³/mol. The molecule has 2 aromatic carbocycles. The minimum Gasteiger partial charge on any atom is -0.548 e. The fraction of sp³-hybridized carbons (Fsp3) is 0.150. The van der Waals surface area contributed by atoms with Gasteiger partial charge in [0, 0.05) is 5.56 Å². The first-order valence-electron chi connectivity index (χ1n) is 8.24. The van der Waals surface area contributed by atoms with Gasteiger partial charge in [-0.1, -0.05) is 65.3 Å². The Morgan fingerprint density at radius 3 is 2.48 bits per heavy atom. The van der Waals surface area contributed by atoms with Crippen LogP contribution < -0.4 is 10.4 Å². The molecule has 27 heavy (non-hydrogen) atoms. The summed E-state index contributed by atoms with van der Waals surface area (Å²) in [5.74, 6) is -1.73. The molecule has 6 nitrogen and oxygen atoms in total. The molecule has 7 heteroatoms. The number of rotatable bonds is 6. The van der Waals surface area contributed by atoms with Crippen LogP contribution in [0.15, 0.2) is 59.1 Å². The zero-order chi connectivity index (χ0) is 19.4. The normalized spacial score (nSPS) is 11.8. The zero-order valence-electron chi connectivity index (χ0n) is 14.4. The average Bonchev–Trinajstić information content (AvgIpc) is 3.03. The smallest absolute Gasteiger partial charge is 0.257 e. The molecule has 1 amide bonds. The lowest BCUT2D eigenvalue weighted by Crippen LogP contribution is -2.49. The van der Waals surface area contributed by atoms with Crippen molar-refractivity contribution in [3.63, 3.8) is 0 Å². The number of benzene rings is 2. The first kappa shape index (κ1) is 18.7. The number of hydrogen-bond donors (Lipinski definition) is 1. The van der Waals surface area contributed by atoms with Crippen molar-refractivity contribution in [3.05, 3.63) is 76.5 Å². The van der Waals surface area contributed by atoms with Gasteiger partial charge in [-0.25, -0.2) is 0 Å². The van der Waals surface area contributed by atoms with Gasteiger partial charge in [-0.05, 0) is 25.0 Å². The summed E-state index contributed by atoms with van der Waals surface area (Å²) in [4.78, 5) is 24.3. The number of aliphatic carboxylic acids is 1. The predicted octanol–water partition coefficient (Wildman–Crippen LogP) is 2.39. The lowest BCUT2D eigenvalue weighted by Gasteiger charge is -2.20. The van der Waals surface area contributed by atoms with E-state index in [1.807, 2.05) is 6.07 Å². The lowest BCUT2D eigenvalue weighted by molar-refractivity contribution is -0.308. The number of hydrogen-bond acceptors (Lipinski definition) is 5. The fourth-order valence-electron chi connectivity index (χ4n) is 2.75. The van der Waals surface area contributed by atoms with Gasteiger partial charge in [0.2, 0.25) is 0 Å². The number of carbonyl (C=O) groups excluding carboxylic acids is 2. The van der Waals surface area contributed by atoms with Gasteiger partial charge in [-0.2, -0.15) is 0 Å². The molecule has 0 unspecified atom stereocenters. The minimum atomic E-state index is -1.37. The molecule has 0 spiro atoms. The van der Waals surface area contributed by atoms with E-state index in [9.17, 15) is 14.7 Å². The summed E-state index contributed by atoms with van der Waals surface area (Å²) in [6, 6.07) is 14.7. The number of nitrogens with zero attached hydrogens (tertiary/aromatic N) is 1. The lowest BCUT2D eigenvalue weighted by atomic mass is 10.0. The summed E-state index contributed by atoms with van der Waals surface area (Å²) in [6.07, 6.45) is 0.0979. The molecule has 0 bridgehead atoms. The van der Waals surface area contributed by atoms with Crippen LogP contribution in [0.2, 0.25) is 5.02 Å². The summed E-state index contributed by atoms with van der Waals surface area (Å²) in [5, 5.41) is 18.3. The molecule has 138 valence electrons. The minimum absolute atomic E-state index is 0.0979. The molecule has 1 aromatic heterocycles. The highest BCUT2D eigenvalue weighted by molar-refractivity contribution is 6.33. The second kappa shape index (κ2) is 8.05. The number of amides is 1. The van der Waals surface area contributed by atoms with E-state index in [1.54, 1.807) is 55.5 Å². The Kier molecular flexibility index (Phi) is 5.57. The van der Waals surface area contributed by atoms with Crippen LogP contribution in [0.25, 0.3) is 11.3 Å². The molecule has 0 saturated heterocycles. The Labute approximate surface area is 160 Å². The Morgan fingerprint density at radius 2 is 1.81 bits per heavy atom.